The van der Waals surface area contributed by atoms with Crippen LogP contribution in [-0.2, 0) is 21.7 Å². The second kappa shape index (κ2) is 18.0. The molecule has 0 saturated heterocycles. The van der Waals surface area contributed by atoms with Crippen LogP contribution in [0.15, 0.2) is 128 Å². The van der Waals surface area contributed by atoms with Crippen LogP contribution in [0.25, 0.3) is 11.4 Å². The Labute approximate surface area is 268 Å². The minimum atomic E-state index is 0. The Kier molecular flexibility index (Phi) is 15.5. The molecule has 0 radical (unpaired) electrons. The molecule has 2 aliphatic rings. The number of halogens is 4. The van der Waals surface area contributed by atoms with Crippen molar-refractivity contribution < 1.29 is 21.7 Å². The molecule has 0 N–H and O–H groups in total. The number of benzene rings is 2. The molecule has 0 aliphatic heterocycles. The van der Waals surface area contributed by atoms with Crippen molar-refractivity contribution in [1.29, 1.82) is 0 Å². The Morgan fingerprint density at radius 2 is 0.946 bits per heavy atom. The SMILES string of the molecule is Brc1[c-]c(Br)c(-n2cccc2)cc1.Brc1[c-]c(Br)c(-n2cccc2)cc1.[C-]1=CC=CC1.[C-]1=CC=CC1.[Ti+4]. The van der Waals surface area contributed by atoms with Crippen molar-refractivity contribution in [3.63, 3.8) is 0 Å². The van der Waals surface area contributed by atoms with Gasteiger partial charge in [0.1, 0.15) is 0 Å². The predicted molar refractivity (Wildman–Crippen MR) is 163 cm³/mol. The van der Waals surface area contributed by atoms with E-state index in [-0.39, 0.29) is 21.7 Å². The maximum Gasteiger partial charge on any atom is 4.00 e. The number of hydrogen-bond acceptors (Lipinski definition) is 0. The molecule has 2 aromatic heterocycles. The molecule has 2 heterocycles. The minimum absolute atomic E-state index is 0. The zero-order valence-corrected chi connectivity index (χ0v) is 27.6. The zero-order chi connectivity index (χ0) is 25.6. The molecule has 0 atom stereocenters. The van der Waals surface area contributed by atoms with E-state index in [4.69, 9.17) is 0 Å². The van der Waals surface area contributed by atoms with Crippen LogP contribution in [-0.4, -0.2) is 9.13 Å². The van der Waals surface area contributed by atoms with Gasteiger partial charge in [-0.1, -0.05) is 93.0 Å². The third-order valence-electron chi connectivity index (χ3n) is 4.62. The number of nitrogens with zero attached hydrogens (tertiary/aromatic N) is 2. The van der Waals surface area contributed by atoms with Crippen LogP contribution in [0.1, 0.15) is 12.8 Å². The molecule has 6 rings (SSSR count). The van der Waals surface area contributed by atoms with Gasteiger partial charge in [-0.15, -0.1) is 25.0 Å². The second-order valence-corrected chi connectivity index (χ2v) is 10.5. The standard InChI is InChI=1S/2C10H6Br2N.2C5H5.Ti/c2*11-8-3-4-10(9(12)7-8)13-5-1-2-6-13;2*1-2-4-5-3-1;/h2*1-6H;2*1-3H,4H2;/q4*-1;+4. The smallest absolute Gasteiger partial charge is 0.376 e. The summed E-state index contributed by atoms with van der Waals surface area (Å²) in [7, 11) is 0. The summed E-state index contributed by atoms with van der Waals surface area (Å²) in [4.78, 5) is 0. The summed E-state index contributed by atoms with van der Waals surface area (Å²) in [6, 6.07) is 22.3. The monoisotopic (exact) mass is 774 g/mol. The van der Waals surface area contributed by atoms with Crippen molar-refractivity contribution in [2.75, 3.05) is 0 Å². The third-order valence-corrected chi connectivity index (χ3v) is 6.75. The molecule has 2 aromatic carbocycles. The van der Waals surface area contributed by atoms with E-state index in [1.165, 1.54) is 0 Å². The van der Waals surface area contributed by atoms with E-state index in [9.17, 15) is 0 Å². The fraction of sp³-hybridized carbons (Fsp3) is 0.0667. The van der Waals surface area contributed by atoms with E-state index in [0.29, 0.717) is 0 Å². The van der Waals surface area contributed by atoms with Gasteiger partial charge in [0.2, 0.25) is 0 Å². The van der Waals surface area contributed by atoms with Crippen molar-refractivity contribution in [1.82, 2.24) is 9.13 Å². The molecule has 37 heavy (non-hydrogen) atoms. The molecule has 0 saturated carbocycles. The van der Waals surface area contributed by atoms with Crippen LogP contribution in [0.5, 0.6) is 0 Å². The number of aromatic nitrogens is 2. The molecule has 0 unspecified atom stereocenters. The predicted octanol–water partition coefficient (Wildman–Crippen LogP) is 10.2. The average Bonchev–Trinajstić information content (AvgIpc) is 3.69. The normalized spacial score (nSPS) is 12.0. The van der Waals surface area contributed by atoms with Crippen molar-refractivity contribution in [2.24, 2.45) is 0 Å². The Balaban J connectivity index is 0.000000187. The first kappa shape index (κ1) is 31.8. The van der Waals surface area contributed by atoms with Crippen LogP contribution < -0.4 is 0 Å². The summed E-state index contributed by atoms with van der Waals surface area (Å²) in [6.07, 6.45) is 28.0. The average molecular weight is 778 g/mol. The fourth-order valence-electron chi connectivity index (χ4n) is 2.94. The van der Waals surface area contributed by atoms with Crippen molar-refractivity contribution in [2.45, 2.75) is 12.8 Å². The molecule has 184 valence electrons. The Morgan fingerprint density at radius 3 is 1.19 bits per heavy atom. The van der Waals surface area contributed by atoms with Gasteiger partial charge in [0.05, 0.1) is 0 Å². The summed E-state index contributed by atoms with van der Waals surface area (Å²) >= 11 is 13.7. The van der Waals surface area contributed by atoms with Gasteiger partial charge in [-0.3, -0.25) is 12.2 Å². The summed E-state index contributed by atoms with van der Waals surface area (Å²) in [5.74, 6) is 0. The molecule has 2 aliphatic carbocycles. The number of hydrogen-bond donors (Lipinski definition) is 0. The topological polar surface area (TPSA) is 9.86 Å². The third kappa shape index (κ3) is 11.5. The van der Waals surface area contributed by atoms with Crippen molar-refractivity contribution in [3.05, 3.63) is 152 Å². The first-order valence-electron chi connectivity index (χ1n) is 11.0. The van der Waals surface area contributed by atoms with Crippen LogP contribution in [0.3, 0.4) is 0 Å². The zero-order valence-electron chi connectivity index (χ0n) is 19.7. The van der Waals surface area contributed by atoms with Crippen LogP contribution in [0.2, 0.25) is 0 Å². The van der Waals surface area contributed by atoms with Crippen LogP contribution >= 0.6 is 63.7 Å². The van der Waals surface area contributed by atoms with E-state index in [0.717, 1.165) is 42.1 Å². The summed E-state index contributed by atoms with van der Waals surface area (Å²) in [5.41, 5.74) is 2.18. The van der Waals surface area contributed by atoms with Gasteiger partial charge >= 0.3 is 21.7 Å². The molecule has 0 amide bonds. The second-order valence-electron chi connectivity index (χ2n) is 7.20. The molecule has 0 fully saturated rings. The van der Waals surface area contributed by atoms with Crippen LogP contribution in [0.4, 0.5) is 0 Å². The van der Waals surface area contributed by atoms with E-state index in [1.54, 1.807) is 0 Å². The van der Waals surface area contributed by atoms with Gasteiger partial charge in [-0.2, -0.15) is 36.4 Å². The molecule has 2 nitrogen and oxygen atoms in total. The van der Waals surface area contributed by atoms with Crippen LogP contribution in [0, 0.1) is 24.3 Å². The molecule has 0 spiro atoms. The summed E-state index contributed by atoms with van der Waals surface area (Å²) in [6.45, 7) is 0. The first-order valence-corrected chi connectivity index (χ1v) is 14.2. The maximum atomic E-state index is 3.46. The molecule has 7 heteroatoms. The largest absolute Gasteiger partial charge is 4.00 e. The number of allylic oxidation sites excluding steroid dienone is 8. The van der Waals surface area contributed by atoms with Gasteiger partial charge in [-0.25, -0.2) is 24.3 Å². The first-order chi connectivity index (χ1) is 17.5. The molecular formula is C30H22Br4N2Ti. The fourth-order valence-corrected chi connectivity index (χ4v) is 5.23. The van der Waals surface area contributed by atoms with E-state index >= 15 is 0 Å². The quantitative estimate of drug-likeness (QED) is 0.142. The minimum Gasteiger partial charge on any atom is -0.376 e. The number of rotatable bonds is 2. The Morgan fingerprint density at radius 1 is 0.568 bits per heavy atom. The maximum absolute atomic E-state index is 3.46. The molecule has 4 aromatic rings. The Hall–Kier alpha value is -1.41. The Bertz CT molecular complexity index is 1200. The summed E-state index contributed by atoms with van der Waals surface area (Å²) in [5, 5.41) is 0. The van der Waals surface area contributed by atoms with Gasteiger partial charge in [0, 0.05) is 0 Å². The van der Waals surface area contributed by atoms with Crippen molar-refractivity contribution in [3.8, 4) is 11.4 Å². The summed E-state index contributed by atoms with van der Waals surface area (Å²) < 4.78 is 7.89. The van der Waals surface area contributed by atoms with Gasteiger partial charge in [-0.05, 0) is 49.1 Å². The van der Waals surface area contributed by atoms with Gasteiger partial charge in [0.15, 0.2) is 0 Å². The molecule has 0 bridgehead atoms. The van der Waals surface area contributed by atoms with Gasteiger partial charge in [0.25, 0.3) is 0 Å². The molecular weight excluding hydrogens is 756 g/mol. The van der Waals surface area contributed by atoms with E-state index in [2.05, 4.69) is 100 Å². The van der Waals surface area contributed by atoms with Gasteiger partial charge < -0.3 is 9.13 Å². The van der Waals surface area contributed by atoms with E-state index < -0.39 is 0 Å². The van der Waals surface area contributed by atoms with E-state index in [1.807, 2.05) is 107 Å². The van der Waals surface area contributed by atoms with Crippen molar-refractivity contribution >= 4 is 63.7 Å².